The first-order chi connectivity index (χ1) is 10.2. The third-order valence-corrected chi connectivity index (χ3v) is 4.18. The molecular formula is C18H20N2S. The van der Waals surface area contributed by atoms with Crippen LogP contribution in [0.2, 0.25) is 0 Å². The Balaban J connectivity index is 1.63. The van der Waals surface area contributed by atoms with Crippen LogP contribution < -0.4 is 10.6 Å². The summed E-state index contributed by atoms with van der Waals surface area (Å²) in [4.78, 5) is 0. The van der Waals surface area contributed by atoms with Gasteiger partial charge in [-0.05, 0) is 78.9 Å². The van der Waals surface area contributed by atoms with E-state index in [4.69, 9.17) is 12.2 Å². The van der Waals surface area contributed by atoms with E-state index in [0.717, 1.165) is 17.8 Å². The Morgan fingerprint density at radius 3 is 2.38 bits per heavy atom. The predicted octanol–water partition coefficient (Wildman–Crippen LogP) is 4.55. The molecule has 0 amide bonds. The first-order valence-corrected chi connectivity index (χ1v) is 7.94. The molecule has 0 aromatic heterocycles. The van der Waals surface area contributed by atoms with Gasteiger partial charge in [-0.2, -0.15) is 0 Å². The molecule has 0 unspecified atom stereocenters. The Morgan fingerprint density at radius 1 is 0.952 bits per heavy atom. The smallest absolute Gasteiger partial charge is 0.175 e. The lowest BCUT2D eigenvalue weighted by atomic mass is 10.1. The minimum Gasteiger partial charge on any atom is -0.332 e. The molecule has 0 fully saturated rings. The van der Waals surface area contributed by atoms with Crippen LogP contribution in [0.1, 0.15) is 30.0 Å². The summed E-state index contributed by atoms with van der Waals surface area (Å²) in [5.41, 5.74) is 6.35. The Hall–Kier alpha value is -1.87. The zero-order valence-corrected chi connectivity index (χ0v) is 13.1. The van der Waals surface area contributed by atoms with Crippen molar-refractivity contribution in [3.63, 3.8) is 0 Å². The lowest BCUT2D eigenvalue weighted by Crippen LogP contribution is -2.19. The first kappa shape index (κ1) is 14.1. The van der Waals surface area contributed by atoms with Gasteiger partial charge in [0, 0.05) is 11.4 Å². The Bertz CT molecular complexity index is 647. The number of rotatable bonds is 3. The second-order valence-electron chi connectivity index (χ2n) is 5.47. The third-order valence-electron chi connectivity index (χ3n) is 3.98. The van der Waals surface area contributed by atoms with Crippen LogP contribution in [0.5, 0.6) is 0 Å². The van der Waals surface area contributed by atoms with Gasteiger partial charge < -0.3 is 10.6 Å². The van der Waals surface area contributed by atoms with Gasteiger partial charge >= 0.3 is 0 Å². The molecule has 1 aliphatic carbocycles. The van der Waals surface area contributed by atoms with Crippen molar-refractivity contribution in [2.45, 2.75) is 32.6 Å². The number of nitrogens with one attached hydrogen (secondary N) is 2. The van der Waals surface area contributed by atoms with Gasteiger partial charge in [-0.15, -0.1) is 0 Å². The molecule has 2 nitrogen and oxygen atoms in total. The van der Waals surface area contributed by atoms with E-state index in [2.05, 4.69) is 60.0 Å². The fraction of sp³-hybridized carbons (Fsp3) is 0.278. The Kier molecular flexibility index (Phi) is 4.20. The second-order valence-corrected chi connectivity index (χ2v) is 5.87. The van der Waals surface area contributed by atoms with E-state index in [1.807, 2.05) is 0 Å². The van der Waals surface area contributed by atoms with Gasteiger partial charge in [0.15, 0.2) is 5.11 Å². The molecular weight excluding hydrogens is 276 g/mol. The summed E-state index contributed by atoms with van der Waals surface area (Å²) < 4.78 is 0. The molecule has 3 rings (SSSR count). The van der Waals surface area contributed by atoms with E-state index in [-0.39, 0.29) is 0 Å². The molecule has 3 heteroatoms. The molecule has 2 aromatic carbocycles. The van der Waals surface area contributed by atoms with Crippen LogP contribution in [-0.4, -0.2) is 5.11 Å². The van der Waals surface area contributed by atoms with Crippen molar-refractivity contribution in [1.82, 2.24) is 0 Å². The summed E-state index contributed by atoms with van der Waals surface area (Å²) in [6.07, 6.45) is 4.72. The number of hydrogen-bond donors (Lipinski definition) is 2. The maximum atomic E-state index is 5.39. The van der Waals surface area contributed by atoms with E-state index in [1.54, 1.807) is 0 Å². The molecule has 108 valence electrons. The van der Waals surface area contributed by atoms with Gasteiger partial charge in [0.25, 0.3) is 0 Å². The highest BCUT2D eigenvalue weighted by Crippen LogP contribution is 2.25. The summed E-state index contributed by atoms with van der Waals surface area (Å²) >= 11 is 5.39. The SMILES string of the molecule is CCc1ccc(NC(=S)Nc2ccc3c(c2)CCC3)cc1. The molecule has 2 aromatic rings. The number of benzene rings is 2. The van der Waals surface area contributed by atoms with Crippen LogP contribution in [0.3, 0.4) is 0 Å². The van der Waals surface area contributed by atoms with E-state index in [1.165, 1.54) is 36.0 Å². The fourth-order valence-corrected chi connectivity index (χ4v) is 3.00. The highest BCUT2D eigenvalue weighted by molar-refractivity contribution is 7.80. The summed E-state index contributed by atoms with van der Waals surface area (Å²) in [7, 11) is 0. The molecule has 0 saturated carbocycles. The molecule has 0 spiro atoms. The molecule has 2 N–H and O–H groups in total. The summed E-state index contributed by atoms with van der Waals surface area (Å²) in [5, 5.41) is 7.14. The van der Waals surface area contributed by atoms with Crippen molar-refractivity contribution in [2.75, 3.05) is 10.6 Å². The van der Waals surface area contributed by atoms with Gasteiger partial charge in [0.1, 0.15) is 0 Å². The monoisotopic (exact) mass is 296 g/mol. The molecule has 0 saturated heterocycles. The van der Waals surface area contributed by atoms with Crippen LogP contribution in [0.25, 0.3) is 0 Å². The average molecular weight is 296 g/mol. The van der Waals surface area contributed by atoms with Crippen molar-refractivity contribution in [2.24, 2.45) is 0 Å². The van der Waals surface area contributed by atoms with E-state index in [0.29, 0.717) is 5.11 Å². The minimum atomic E-state index is 0.636. The first-order valence-electron chi connectivity index (χ1n) is 7.53. The van der Waals surface area contributed by atoms with Crippen molar-refractivity contribution < 1.29 is 0 Å². The molecule has 1 aliphatic rings. The minimum absolute atomic E-state index is 0.636. The van der Waals surface area contributed by atoms with Crippen molar-refractivity contribution in [3.05, 3.63) is 59.2 Å². The normalized spacial score (nSPS) is 12.8. The molecule has 0 heterocycles. The highest BCUT2D eigenvalue weighted by atomic mass is 32.1. The number of thiocarbonyl (C=S) groups is 1. The van der Waals surface area contributed by atoms with Crippen LogP contribution in [-0.2, 0) is 19.3 Å². The van der Waals surface area contributed by atoms with Crippen LogP contribution in [0.4, 0.5) is 11.4 Å². The zero-order valence-electron chi connectivity index (χ0n) is 12.3. The van der Waals surface area contributed by atoms with Crippen LogP contribution >= 0.6 is 12.2 Å². The number of hydrogen-bond acceptors (Lipinski definition) is 1. The van der Waals surface area contributed by atoms with E-state index in [9.17, 15) is 0 Å². The Labute approximate surface area is 131 Å². The van der Waals surface area contributed by atoms with Gasteiger partial charge in [-0.25, -0.2) is 0 Å². The van der Waals surface area contributed by atoms with Gasteiger partial charge in [0.2, 0.25) is 0 Å². The topological polar surface area (TPSA) is 24.1 Å². The molecule has 0 radical (unpaired) electrons. The van der Waals surface area contributed by atoms with Gasteiger partial charge in [-0.3, -0.25) is 0 Å². The van der Waals surface area contributed by atoms with Crippen molar-refractivity contribution in [3.8, 4) is 0 Å². The third kappa shape index (κ3) is 3.42. The lowest BCUT2D eigenvalue weighted by Gasteiger charge is -2.12. The van der Waals surface area contributed by atoms with E-state index < -0.39 is 0 Å². The maximum Gasteiger partial charge on any atom is 0.175 e. The summed E-state index contributed by atoms with van der Waals surface area (Å²) in [5.74, 6) is 0. The van der Waals surface area contributed by atoms with Crippen LogP contribution in [0, 0.1) is 0 Å². The molecule has 0 atom stereocenters. The van der Waals surface area contributed by atoms with Crippen molar-refractivity contribution in [1.29, 1.82) is 0 Å². The predicted molar refractivity (Wildman–Crippen MR) is 94.1 cm³/mol. The summed E-state index contributed by atoms with van der Waals surface area (Å²) in [6.45, 7) is 2.16. The number of fused-ring (bicyclic) bond motifs is 1. The second kappa shape index (κ2) is 6.27. The highest BCUT2D eigenvalue weighted by Gasteiger charge is 2.11. The van der Waals surface area contributed by atoms with E-state index >= 15 is 0 Å². The molecule has 0 aliphatic heterocycles. The summed E-state index contributed by atoms with van der Waals surface area (Å²) in [6, 6.07) is 14.9. The lowest BCUT2D eigenvalue weighted by molar-refractivity contribution is 0.912. The van der Waals surface area contributed by atoms with Gasteiger partial charge in [-0.1, -0.05) is 25.1 Å². The zero-order chi connectivity index (χ0) is 14.7. The number of aryl methyl sites for hydroxylation is 3. The average Bonchev–Trinajstić information content (AvgIpc) is 2.95. The molecule has 21 heavy (non-hydrogen) atoms. The quantitative estimate of drug-likeness (QED) is 0.813. The fourth-order valence-electron chi connectivity index (χ4n) is 2.77. The van der Waals surface area contributed by atoms with Gasteiger partial charge in [0.05, 0.1) is 0 Å². The molecule has 0 bridgehead atoms. The number of anilines is 2. The maximum absolute atomic E-state index is 5.39. The largest absolute Gasteiger partial charge is 0.332 e. The van der Waals surface area contributed by atoms with Crippen LogP contribution in [0.15, 0.2) is 42.5 Å². The van der Waals surface area contributed by atoms with Crippen molar-refractivity contribution >= 4 is 28.7 Å². The Morgan fingerprint density at radius 2 is 1.62 bits per heavy atom. The standard InChI is InChI=1S/C18H20N2S/c1-2-13-6-9-16(10-7-13)19-18(21)20-17-11-8-14-4-3-5-15(14)12-17/h6-12H,2-5H2,1H3,(H2,19,20,21).